The molecule has 5 nitrogen and oxygen atoms in total. The summed E-state index contributed by atoms with van der Waals surface area (Å²) >= 11 is 0. The van der Waals surface area contributed by atoms with E-state index < -0.39 is 16.0 Å². The lowest BCUT2D eigenvalue weighted by atomic mass is 10.1. The van der Waals surface area contributed by atoms with Crippen LogP contribution >= 0.6 is 0 Å². The summed E-state index contributed by atoms with van der Waals surface area (Å²) in [6.45, 7) is 5.99. The summed E-state index contributed by atoms with van der Waals surface area (Å²) in [6, 6.07) is 5.93. The Morgan fingerprint density at radius 3 is 2.14 bits per heavy atom. The Morgan fingerprint density at radius 2 is 1.71 bits per heavy atom. The van der Waals surface area contributed by atoms with Gasteiger partial charge in [0.1, 0.15) is 0 Å². The largest absolute Gasteiger partial charge is 0.481 e. The van der Waals surface area contributed by atoms with Gasteiger partial charge in [-0.3, -0.25) is 4.79 Å². The number of hydrogen-bond acceptors (Lipinski definition) is 3. The van der Waals surface area contributed by atoms with Gasteiger partial charge in [-0.25, -0.2) is 8.42 Å². The van der Waals surface area contributed by atoms with Crippen LogP contribution in [0, 0.1) is 5.92 Å². The molecular weight excluding hydrogens is 290 g/mol. The van der Waals surface area contributed by atoms with E-state index in [0.717, 1.165) is 6.42 Å². The first kappa shape index (κ1) is 17.7. The number of carboxylic acids is 1. The third-order valence-corrected chi connectivity index (χ3v) is 5.37. The highest BCUT2D eigenvalue weighted by atomic mass is 32.2. The van der Waals surface area contributed by atoms with Crippen LogP contribution in [0.1, 0.15) is 32.8 Å². The lowest BCUT2D eigenvalue weighted by Gasteiger charge is -2.25. The zero-order valence-corrected chi connectivity index (χ0v) is 13.7. The summed E-state index contributed by atoms with van der Waals surface area (Å²) < 4.78 is 26.4. The summed E-state index contributed by atoms with van der Waals surface area (Å²) in [5.41, 5.74) is 0.583. The first-order valence-corrected chi connectivity index (χ1v) is 8.37. The molecule has 1 atom stereocenters. The first-order chi connectivity index (χ1) is 9.64. The fourth-order valence-electron chi connectivity index (χ4n) is 2.19. The SMILES string of the molecule is CC(C)CC(C)N(C)S(=O)(=O)c1ccc(CC(=O)O)cc1. The minimum Gasteiger partial charge on any atom is -0.481 e. The minimum atomic E-state index is -3.54. The van der Waals surface area contributed by atoms with Crippen LogP contribution in [0.5, 0.6) is 0 Å². The van der Waals surface area contributed by atoms with Crippen LogP contribution in [0.2, 0.25) is 0 Å². The van der Waals surface area contributed by atoms with Crippen molar-refractivity contribution in [3.63, 3.8) is 0 Å². The molecular formula is C15H23NO4S. The van der Waals surface area contributed by atoms with Crippen LogP contribution in [0.3, 0.4) is 0 Å². The highest BCUT2D eigenvalue weighted by Gasteiger charge is 2.25. The molecule has 0 aliphatic heterocycles. The average Bonchev–Trinajstić information content (AvgIpc) is 2.36. The lowest BCUT2D eigenvalue weighted by Crippen LogP contribution is -2.35. The van der Waals surface area contributed by atoms with E-state index >= 15 is 0 Å². The fraction of sp³-hybridized carbons (Fsp3) is 0.533. The Morgan fingerprint density at radius 1 is 1.19 bits per heavy atom. The molecule has 0 amide bonds. The second-order valence-electron chi connectivity index (χ2n) is 5.71. The number of hydrogen-bond donors (Lipinski definition) is 1. The summed E-state index contributed by atoms with van der Waals surface area (Å²) in [7, 11) is -1.97. The van der Waals surface area contributed by atoms with Crippen molar-refractivity contribution in [2.45, 2.75) is 44.6 Å². The molecule has 118 valence electrons. The van der Waals surface area contributed by atoms with Crippen molar-refractivity contribution >= 4 is 16.0 Å². The van der Waals surface area contributed by atoms with Gasteiger partial charge >= 0.3 is 5.97 Å². The predicted octanol–water partition coefficient (Wildman–Crippen LogP) is 2.37. The third-order valence-electron chi connectivity index (χ3n) is 3.39. The van der Waals surface area contributed by atoms with Crippen LogP contribution in [-0.4, -0.2) is 36.9 Å². The molecule has 1 rings (SSSR count). The van der Waals surface area contributed by atoms with Gasteiger partial charge in [0.15, 0.2) is 0 Å². The Hall–Kier alpha value is -1.40. The van der Waals surface area contributed by atoms with Gasteiger partial charge < -0.3 is 5.11 Å². The van der Waals surface area contributed by atoms with E-state index in [1.54, 1.807) is 19.2 Å². The Balaban J connectivity index is 2.94. The van der Waals surface area contributed by atoms with Crippen LogP contribution in [0.4, 0.5) is 0 Å². The van der Waals surface area contributed by atoms with E-state index in [9.17, 15) is 13.2 Å². The maximum atomic E-state index is 12.5. The molecule has 0 saturated carbocycles. The van der Waals surface area contributed by atoms with Crippen molar-refractivity contribution in [1.82, 2.24) is 4.31 Å². The van der Waals surface area contributed by atoms with Crippen LogP contribution in [0.15, 0.2) is 29.2 Å². The van der Waals surface area contributed by atoms with Gasteiger partial charge in [-0.15, -0.1) is 0 Å². The van der Waals surface area contributed by atoms with E-state index in [1.807, 2.05) is 6.92 Å². The molecule has 1 aromatic rings. The molecule has 0 aliphatic carbocycles. The molecule has 1 N–H and O–H groups in total. The Kier molecular flexibility index (Phi) is 5.92. The molecule has 1 aromatic carbocycles. The number of nitrogens with zero attached hydrogens (tertiary/aromatic N) is 1. The van der Waals surface area contributed by atoms with E-state index in [0.29, 0.717) is 11.5 Å². The second-order valence-corrected chi connectivity index (χ2v) is 7.71. The number of carbonyl (C=O) groups is 1. The number of rotatable bonds is 7. The Labute approximate surface area is 126 Å². The molecule has 21 heavy (non-hydrogen) atoms. The highest BCUT2D eigenvalue weighted by Crippen LogP contribution is 2.20. The van der Waals surface area contributed by atoms with Gasteiger partial charge in [-0.2, -0.15) is 4.31 Å². The maximum Gasteiger partial charge on any atom is 0.307 e. The molecule has 0 saturated heterocycles. The van der Waals surface area contributed by atoms with Crippen LogP contribution in [-0.2, 0) is 21.2 Å². The third kappa shape index (κ3) is 4.82. The van der Waals surface area contributed by atoms with Crippen molar-refractivity contribution in [3.05, 3.63) is 29.8 Å². The summed E-state index contributed by atoms with van der Waals surface area (Å²) in [6.07, 6.45) is 0.673. The molecule has 0 fully saturated rings. The average molecular weight is 313 g/mol. The van der Waals surface area contributed by atoms with Crippen molar-refractivity contribution in [2.24, 2.45) is 5.92 Å². The molecule has 0 heterocycles. The highest BCUT2D eigenvalue weighted by molar-refractivity contribution is 7.89. The van der Waals surface area contributed by atoms with E-state index in [2.05, 4.69) is 13.8 Å². The molecule has 6 heteroatoms. The van der Waals surface area contributed by atoms with Crippen LogP contribution < -0.4 is 0 Å². The van der Waals surface area contributed by atoms with Gasteiger partial charge in [0, 0.05) is 13.1 Å². The smallest absolute Gasteiger partial charge is 0.307 e. The molecule has 0 spiro atoms. The van der Waals surface area contributed by atoms with Crippen molar-refractivity contribution in [1.29, 1.82) is 0 Å². The van der Waals surface area contributed by atoms with Crippen molar-refractivity contribution in [2.75, 3.05) is 7.05 Å². The number of carboxylic acid groups (broad SMARTS) is 1. The van der Waals surface area contributed by atoms with Gasteiger partial charge in [-0.1, -0.05) is 26.0 Å². The van der Waals surface area contributed by atoms with Gasteiger partial charge in [0.25, 0.3) is 0 Å². The summed E-state index contributed by atoms with van der Waals surface area (Å²) in [4.78, 5) is 10.8. The van der Waals surface area contributed by atoms with Crippen molar-refractivity contribution < 1.29 is 18.3 Å². The molecule has 0 aliphatic rings. The number of benzene rings is 1. The topological polar surface area (TPSA) is 74.7 Å². The normalized spacial score (nSPS) is 13.6. The van der Waals surface area contributed by atoms with E-state index in [4.69, 9.17) is 5.11 Å². The standard InChI is InChI=1S/C15H23NO4S/c1-11(2)9-12(3)16(4)21(19,20)14-7-5-13(6-8-14)10-15(17)18/h5-8,11-12H,9-10H2,1-4H3,(H,17,18). The zero-order valence-electron chi connectivity index (χ0n) is 12.9. The molecule has 0 radical (unpaired) electrons. The van der Waals surface area contributed by atoms with Crippen LogP contribution in [0.25, 0.3) is 0 Å². The summed E-state index contributed by atoms with van der Waals surface area (Å²) in [5.74, 6) is -0.524. The fourth-order valence-corrected chi connectivity index (χ4v) is 3.56. The van der Waals surface area contributed by atoms with Gasteiger partial charge in [0.05, 0.1) is 11.3 Å². The summed E-state index contributed by atoms with van der Waals surface area (Å²) in [5, 5.41) is 8.71. The van der Waals surface area contributed by atoms with Crippen molar-refractivity contribution in [3.8, 4) is 0 Å². The first-order valence-electron chi connectivity index (χ1n) is 6.93. The van der Waals surface area contributed by atoms with E-state index in [1.165, 1.54) is 16.4 Å². The lowest BCUT2D eigenvalue weighted by molar-refractivity contribution is -0.136. The Bertz CT molecular complexity index is 578. The second kappa shape index (κ2) is 7.04. The monoisotopic (exact) mass is 313 g/mol. The van der Waals surface area contributed by atoms with Gasteiger partial charge in [-0.05, 0) is 37.0 Å². The van der Waals surface area contributed by atoms with E-state index in [-0.39, 0.29) is 17.4 Å². The quantitative estimate of drug-likeness (QED) is 0.838. The van der Waals surface area contributed by atoms with Gasteiger partial charge in [0.2, 0.25) is 10.0 Å². The zero-order chi connectivity index (χ0) is 16.2. The molecule has 1 unspecified atom stereocenters. The maximum absolute atomic E-state index is 12.5. The minimum absolute atomic E-state index is 0.0892. The number of aliphatic carboxylic acids is 1. The molecule has 0 aromatic heterocycles. The predicted molar refractivity (Wildman–Crippen MR) is 81.6 cm³/mol. The molecule has 0 bridgehead atoms. The number of sulfonamides is 1.